The first-order valence-electron chi connectivity index (χ1n) is 4.74. The largest absolute Gasteiger partial charge is 0.485 e. The summed E-state index contributed by atoms with van der Waals surface area (Å²) in [5, 5.41) is 0. The number of hydrogen-bond donors (Lipinski definition) is 0. The van der Waals surface area contributed by atoms with Gasteiger partial charge in [0.05, 0.1) is 0 Å². The molecule has 0 amide bonds. The number of nitrogens with zero attached hydrogens (tertiary/aromatic N) is 1. The minimum Gasteiger partial charge on any atom is -0.485 e. The summed E-state index contributed by atoms with van der Waals surface area (Å²) < 4.78 is 16.2. The number of hydrogen-bond acceptors (Lipinski definition) is 4. The third-order valence-corrected chi connectivity index (χ3v) is 1.88. The van der Waals surface area contributed by atoms with Gasteiger partial charge < -0.3 is 14.2 Å². The Labute approximate surface area is 88.5 Å². The van der Waals surface area contributed by atoms with Crippen molar-refractivity contribution in [1.29, 1.82) is 0 Å². The molecule has 0 unspecified atom stereocenters. The Balaban J connectivity index is 1.85. The predicted molar refractivity (Wildman–Crippen MR) is 54.1 cm³/mol. The van der Waals surface area contributed by atoms with Crippen LogP contribution in [0.5, 0.6) is 5.75 Å². The molecule has 2 heterocycles. The van der Waals surface area contributed by atoms with Gasteiger partial charge in [-0.3, -0.25) is 4.98 Å². The average Bonchev–Trinajstić information content (AvgIpc) is 2.57. The van der Waals surface area contributed by atoms with E-state index in [-0.39, 0.29) is 0 Å². The summed E-state index contributed by atoms with van der Waals surface area (Å²) in [6.45, 7) is 4.07. The Morgan fingerprint density at radius 1 is 1.33 bits per heavy atom. The molecular weight excluding hydrogens is 194 g/mol. The zero-order chi connectivity index (χ0) is 10.7. The maximum atomic E-state index is 5.47. The van der Waals surface area contributed by atoms with Crippen molar-refractivity contribution in [1.82, 2.24) is 4.98 Å². The molecule has 0 bridgehead atoms. The van der Waals surface area contributed by atoms with Crippen molar-refractivity contribution in [2.24, 2.45) is 0 Å². The Kier molecular flexibility index (Phi) is 2.49. The fraction of sp³-hybridized carbons (Fsp3) is 0.364. The van der Waals surface area contributed by atoms with Crippen LogP contribution in [0.2, 0.25) is 0 Å². The van der Waals surface area contributed by atoms with Gasteiger partial charge in [-0.25, -0.2) is 0 Å². The van der Waals surface area contributed by atoms with Gasteiger partial charge >= 0.3 is 0 Å². The Morgan fingerprint density at radius 2 is 2.07 bits per heavy atom. The second-order valence-corrected chi connectivity index (χ2v) is 3.68. The van der Waals surface area contributed by atoms with Crippen LogP contribution in [0, 0.1) is 0 Å². The zero-order valence-electron chi connectivity index (χ0n) is 8.77. The normalized spacial score (nSPS) is 17.6. The summed E-state index contributed by atoms with van der Waals surface area (Å²) in [5.74, 6) is 0.882. The van der Waals surface area contributed by atoms with Crippen LogP contribution in [0.1, 0.15) is 13.8 Å². The van der Waals surface area contributed by atoms with E-state index in [0.717, 1.165) is 5.75 Å². The molecule has 0 fully saturated rings. The first kappa shape index (κ1) is 9.83. The molecule has 0 spiro atoms. The lowest BCUT2D eigenvalue weighted by Gasteiger charge is -2.18. The highest BCUT2D eigenvalue weighted by atomic mass is 16.7. The molecule has 2 rings (SSSR count). The molecule has 0 saturated carbocycles. The van der Waals surface area contributed by atoms with Gasteiger partial charge in [0.15, 0.2) is 5.76 Å². The maximum Gasteiger partial charge on any atom is 0.244 e. The lowest BCUT2D eigenvalue weighted by atomic mass is 10.4. The van der Waals surface area contributed by atoms with Crippen LogP contribution in [0.15, 0.2) is 36.5 Å². The van der Waals surface area contributed by atoms with E-state index in [2.05, 4.69) is 4.98 Å². The molecule has 4 heteroatoms. The maximum absolute atomic E-state index is 5.47. The molecule has 0 aliphatic carbocycles. The van der Waals surface area contributed by atoms with Gasteiger partial charge in [0.25, 0.3) is 0 Å². The van der Waals surface area contributed by atoms with Crippen LogP contribution >= 0.6 is 0 Å². The van der Waals surface area contributed by atoms with Crippen molar-refractivity contribution < 1.29 is 14.2 Å². The van der Waals surface area contributed by atoms with Gasteiger partial charge in [0.1, 0.15) is 18.6 Å². The number of rotatable bonds is 3. The highest BCUT2D eigenvalue weighted by Gasteiger charge is 2.27. The van der Waals surface area contributed by atoms with E-state index in [1.54, 1.807) is 30.8 Å². The summed E-state index contributed by atoms with van der Waals surface area (Å²) >= 11 is 0. The van der Waals surface area contributed by atoms with E-state index in [9.17, 15) is 0 Å². The van der Waals surface area contributed by atoms with E-state index < -0.39 is 5.79 Å². The molecular formula is C11H13NO3. The van der Waals surface area contributed by atoms with E-state index >= 15 is 0 Å². The molecule has 1 aliphatic rings. The Bertz CT molecular complexity index is 359. The minimum atomic E-state index is -0.572. The van der Waals surface area contributed by atoms with Gasteiger partial charge in [-0.15, -0.1) is 0 Å². The smallest absolute Gasteiger partial charge is 0.244 e. The second kappa shape index (κ2) is 3.81. The monoisotopic (exact) mass is 207 g/mol. The summed E-state index contributed by atoms with van der Waals surface area (Å²) in [6.07, 6.45) is 4.94. The first-order valence-corrected chi connectivity index (χ1v) is 4.74. The first-order chi connectivity index (χ1) is 7.16. The fourth-order valence-corrected chi connectivity index (χ4v) is 1.22. The van der Waals surface area contributed by atoms with Crippen LogP contribution in [0.3, 0.4) is 0 Å². The number of pyridine rings is 1. The van der Waals surface area contributed by atoms with Crippen molar-refractivity contribution in [2.45, 2.75) is 19.6 Å². The highest BCUT2D eigenvalue weighted by Crippen LogP contribution is 2.24. The van der Waals surface area contributed by atoms with Crippen molar-refractivity contribution >= 4 is 0 Å². The summed E-state index contributed by atoms with van der Waals surface area (Å²) in [7, 11) is 0. The molecule has 0 saturated heterocycles. The van der Waals surface area contributed by atoms with E-state index in [4.69, 9.17) is 14.2 Å². The standard InChI is InChI=1S/C11H13NO3/c1-11(2)14-8-10(15-11)7-13-9-3-5-12-6-4-9/h3-6,8H,7H2,1-2H3. The summed E-state index contributed by atoms with van der Waals surface area (Å²) in [6, 6.07) is 3.59. The van der Waals surface area contributed by atoms with Gasteiger partial charge in [0, 0.05) is 26.2 Å². The fourth-order valence-electron chi connectivity index (χ4n) is 1.22. The highest BCUT2D eigenvalue weighted by molar-refractivity contribution is 5.17. The predicted octanol–water partition coefficient (Wildman–Crippen LogP) is 2.08. The lowest BCUT2D eigenvalue weighted by molar-refractivity contribution is -0.119. The van der Waals surface area contributed by atoms with Crippen molar-refractivity contribution in [2.75, 3.05) is 6.61 Å². The molecule has 1 aromatic rings. The minimum absolute atomic E-state index is 0.368. The number of ether oxygens (including phenoxy) is 3. The molecule has 80 valence electrons. The van der Waals surface area contributed by atoms with Crippen LogP contribution in [0.4, 0.5) is 0 Å². The molecule has 0 radical (unpaired) electrons. The van der Waals surface area contributed by atoms with Crippen LogP contribution in [0.25, 0.3) is 0 Å². The Morgan fingerprint density at radius 3 is 2.67 bits per heavy atom. The van der Waals surface area contributed by atoms with E-state index in [0.29, 0.717) is 12.4 Å². The Hall–Kier alpha value is -1.71. The third-order valence-electron chi connectivity index (χ3n) is 1.88. The summed E-state index contributed by atoms with van der Waals surface area (Å²) in [5.41, 5.74) is 0. The number of aromatic nitrogens is 1. The van der Waals surface area contributed by atoms with E-state index in [1.807, 2.05) is 13.8 Å². The van der Waals surface area contributed by atoms with Crippen molar-refractivity contribution in [3.63, 3.8) is 0 Å². The molecule has 0 atom stereocenters. The topological polar surface area (TPSA) is 40.6 Å². The third kappa shape index (κ3) is 2.62. The average molecular weight is 207 g/mol. The SMILES string of the molecule is CC1(C)OC=C(COc2ccncc2)O1. The molecule has 0 N–H and O–H groups in total. The second-order valence-electron chi connectivity index (χ2n) is 3.68. The summed E-state index contributed by atoms with van der Waals surface area (Å²) in [4.78, 5) is 3.90. The van der Waals surface area contributed by atoms with Crippen molar-refractivity contribution in [3.05, 3.63) is 36.5 Å². The molecule has 0 aromatic carbocycles. The van der Waals surface area contributed by atoms with Gasteiger partial charge in [0.2, 0.25) is 5.79 Å². The van der Waals surface area contributed by atoms with Gasteiger partial charge in [-0.05, 0) is 12.1 Å². The van der Waals surface area contributed by atoms with Crippen molar-refractivity contribution in [3.8, 4) is 5.75 Å². The van der Waals surface area contributed by atoms with Crippen LogP contribution in [-0.4, -0.2) is 17.4 Å². The van der Waals surface area contributed by atoms with Gasteiger partial charge in [-0.2, -0.15) is 0 Å². The van der Waals surface area contributed by atoms with E-state index in [1.165, 1.54) is 0 Å². The lowest BCUT2D eigenvalue weighted by Crippen LogP contribution is -2.21. The van der Waals surface area contributed by atoms with Crippen LogP contribution < -0.4 is 4.74 Å². The van der Waals surface area contributed by atoms with Gasteiger partial charge in [-0.1, -0.05) is 0 Å². The molecule has 4 nitrogen and oxygen atoms in total. The quantitative estimate of drug-likeness (QED) is 0.760. The zero-order valence-corrected chi connectivity index (χ0v) is 8.77. The molecule has 15 heavy (non-hydrogen) atoms. The van der Waals surface area contributed by atoms with Crippen LogP contribution in [-0.2, 0) is 9.47 Å². The molecule has 1 aromatic heterocycles. The molecule has 1 aliphatic heterocycles.